The van der Waals surface area contributed by atoms with E-state index in [0.717, 1.165) is 12.3 Å². The Hall–Kier alpha value is -0.480. The Morgan fingerprint density at radius 3 is 2.78 bits per heavy atom. The molecular formula is C9H16. The Bertz CT molecular complexity index is 96.6. The van der Waals surface area contributed by atoms with Crippen LogP contribution >= 0.6 is 0 Å². The van der Waals surface area contributed by atoms with Crippen molar-refractivity contribution in [2.75, 3.05) is 0 Å². The van der Waals surface area contributed by atoms with E-state index in [4.69, 9.17) is 0 Å². The predicted octanol–water partition coefficient (Wildman–Crippen LogP) is 3.15. The second kappa shape index (κ2) is 5.65. The molecule has 0 N–H and O–H groups in total. The predicted molar refractivity (Wildman–Crippen MR) is 42.4 cm³/mol. The molecule has 1 atom stereocenters. The maximum Gasteiger partial charge on any atom is -0.0272 e. The summed E-state index contributed by atoms with van der Waals surface area (Å²) in [7, 11) is 0. The zero-order valence-corrected chi connectivity index (χ0v) is 6.48. The first-order valence-corrected chi connectivity index (χ1v) is 3.65. The van der Waals surface area contributed by atoms with E-state index in [1.165, 1.54) is 12.8 Å². The molecule has 0 radical (unpaired) electrons. The fourth-order valence-electron chi connectivity index (χ4n) is 0.674. The highest BCUT2D eigenvalue weighted by atomic mass is 14.0. The minimum atomic E-state index is 0.856. The Morgan fingerprint density at radius 1 is 1.67 bits per heavy atom. The molecule has 0 heteroatoms. The van der Waals surface area contributed by atoms with Gasteiger partial charge in [-0.05, 0) is 24.8 Å². The summed E-state index contributed by atoms with van der Waals surface area (Å²) in [4.78, 5) is 0. The average molecular weight is 124 g/mol. The van der Waals surface area contributed by atoms with Crippen LogP contribution in [0.5, 0.6) is 0 Å². The van der Waals surface area contributed by atoms with Crippen molar-refractivity contribution in [2.45, 2.75) is 33.1 Å². The standard InChI is InChI=1S/C9H16/c1-4-6-7-8-9(3)5-2/h6,9H,1,5,7-8H2,2-3H3. The van der Waals surface area contributed by atoms with Crippen LogP contribution in [0.4, 0.5) is 0 Å². The van der Waals surface area contributed by atoms with E-state index in [0.29, 0.717) is 0 Å². The third-order valence-electron chi connectivity index (χ3n) is 1.65. The SMILES string of the molecule is C=C=CCCC(C)CC. The minimum Gasteiger partial charge on any atom is -0.133 e. The topological polar surface area (TPSA) is 0 Å². The van der Waals surface area contributed by atoms with Crippen molar-refractivity contribution in [3.8, 4) is 0 Å². The monoisotopic (exact) mass is 124 g/mol. The third-order valence-corrected chi connectivity index (χ3v) is 1.65. The lowest BCUT2D eigenvalue weighted by Crippen LogP contribution is -1.88. The van der Waals surface area contributed by atoms with Crippen LogP contribution in [0, 0.1) is 5.92 Å². The van der Waals surface area contributed by atoms with Gasteiger partial charge < -0.3 is 0 Å². The van der Waals surface area contributed by atoms with E-state index in [9.17, 15) is 0 Å². The van der Waals surface area contributed by atoms with Crippen LogP contribution in [0.3, 0.4) is 0 Å². The van der Waals surface area contributed by atoms with Crippen LogP contribution in [0.2, 0.25) is 0 Å². The molecule has 0 aliphatic heterocycles. The first-order valence-electron chi connectivity index (χ1n) is 3.65. The van der Waals surface area contributed by atoms with Gasteiger partial charge >= 0.3 is 0 Å². The van der Waals surface area contributed by atoms with E-state index in [2.05, 4.69) is 26.2 Å². The van der Waals surface area contributed by atoms with E-state index >= 15 is 0 Å². The number of hydrogen-bond acceptors (Lipinski definition) is 0. The Labute approximate surface area is 58.3 Å². The van der Waals surface area contributed by atoms with Crippen molar-refractivity contribution >= 4 is 0 Å². The molecule has 9 heavy (non-hydrogen) atoms. The van der Waals surface area contributed by atoms with Crippen LogP contribution in [0.15, 0.2) is 18.4 Å². The second-order valence-electron chi connectivity index (χ2n) is 2.50. The van der Waals surface area contributed by atoms with Crippen LogP contribution in [-0.2, 0) is 0 Å². The molecule has 0 nitrogen and oxygen atoms in total. The van der Waals surface area contributed by atoms with Gasteiger partial charge in [-0.1, -0.05) is 26.8 Å². The molecule has 0 spiro atoms. The molecule has 0 aromatic rings. The maximum atomic E-state index is 3.50. The van der Waals surface area contributed by atoms with Crippen LogP contribution < -0.4 is 0 Å². The molecule has 0 aliphatic carbocycles. The van der Waals surface area contributed by atoms with Crippen molar-refractivity contribution in [3.63, 3.8) is 0 Å². The summed E-state index contributed by atoms with van der Waals surface area (Å²) in [5.41, 5.74) is 2.77. The van der Waals surface area contributed by atoms with Gasteiger partial charge in [0.05, 0.1) is 0 Å². The summed E-state index contributed by atoms with van der Waals surface area (Å²) in [5.74, 6) is 0.856. The summed E-state index contributed by atoms with van der Waals surface area (Å²) in [6, 6.07) is 0. The van der Waals surface area contributed by atoms with Gasteiger partial charge in [-0.3, -0.25) is 0 Å². The van der Waals surface area contributed by atoms with Crippen LogP contribution in [0.1, 0.15) is 33.1 Å². The van der Waals surface area contributed by atoms with E-state index < -0.39 is 0 Å². The smallest absolute Gasteiger partial charge is 0.0272 e. The number of hydrogen-bond donors (Lipinski definition) is 0. The van der Waals surface area contributed by atoms with Gasteiger partial charge in [-0.25, -0.2) is 0 Å². The quantitative estimate of drug-likeness (QED) is 0.505. The Balaban J connectivity index is 3.16. The lowest BCUT2D eigenvalue weighted by molar-refractivity contribution is 0.522. The first-order chi connectivity index (χ1) is 4.31. The average Bonchev–Trinajstić information content (AvgIpc) is 1.89. The highest BCUT2D eigenvalue weighted by Gasteiger charge is 1.94. The van der Waals surface area contributed by atoms with Gasteiger partial charge in [0.2, 0.25) is 0 Å². The van der Waals surface area contributed by atoms with Crippen molar-refractivity contribution in [2.24, 2.45) is 5.92 Å². The molecular weight excluding hydrogens is 108 g/mol. The van der Waals surface area contributed by atoms with Gasteiger partial charge in [-0.15, -0.1) is 5.73 Å². The first kappa shape index (κ1) is 8.52. The molecule has 1 unspecified atom stereocenters. The highest BCUT2D eigenvalue weighted by molar-refractivity contribution is 4.75. The largest absolute Gasteiger partial charge is 0.133 e. The van der Waals surface area contributed by atoms with Crippen LogP contribution in [0.25, 0.3) is 0 Å². The third kappa shape index (κ3) is 5.39. The Kier molecular flexibility index (Phi) is 5.35. The van der Waals surface area contributed by atoms with Crippen molar-refractivity contribution in [3.05, 3.63) is 18.4 Å². The van der Waals surface area contributed by atoms with Crippen LogP contribution in [-0.4, -0.2) is 0 Å². The van der Waals surface area contributed by atoms with Gasteiger partial charge in [0, 0.05) is 0 Å². The summed E-state index contributed by atoms with van der Waals surface area (Å²) in [5, 5.41) is 0. The summed E-state index contributed by atoms with van der Waals surface area (Å²) >= 11 is 0. The van der Waals surface area contributed by atoms with E-state index in [-0.39, 0.29) is 0 Å². The minimum absolute atomic E-state index is 0.856. The lowest BCUT2D eigenvalue weighted by atomic mass is 10.0. The second-order valence-corrected chi connectivity index (χ2v) is 2.50. The fraction of sp³-hybridized carbons (Fsp3) is 0.667. The maximum absolute atomic E-state index is 3.50. The molecule has 52 valence electrons. The molecule has 0 amide bonds. The van der Waals surface area contributed by atoms with Gasteiger partial charge in [-0.2, -0.15) is 0 Å². The molecule has 0 saturated heterocycles. The number of allylic oxidation sites excluding steroid dienone is 1. The molecule has 0 bridgehead atoms. The van der Waals surface area contributed by atoms with E-state index in [1.54, 1.807) is 0 Å². The molecule has 0 heterocycles. The lowest BCUT2D eigenvalue weighted by Gasteiger charge is -2.03. The van der Waals surface area contributed by atoms with Gasteiger partial charge in [0.25, 0.3) is 0 Å². The Morgan fingerprint density at radius 2 is 2.33 bits per heavy atom. The van der Waals surface area contributed by atoms with E-state index in [1.807, 2.05) is 6.08 Å². The van der Waals surface area contributed by atoms with Crippen molar-refractivity contribution < 1.29 is 0 Å². The molecule has 0 rings (SSSR count). The van der Waals surface area contributed by atoms with Gasteiger partial charge in [0.15, 0.2) is 0 Å². The fourth-order valence-corrected chi connectivity index (χ4v) is 0.674. The van der Waals surface area contributed by atoms with Gasteiger partial charge in [0.1, 0.15) is 0 Å². The summed E-state index contributed by atoms with van der Waals surface area (Å²) in [6.45, 7) is 8.00. The zero-order chi connectivity index (χ0) is 7.11. The molecule has 0 aromatic carbocycles. The molecule has 0 aliphatic rings. The highest BCUT2D eigenvalue weighted by Crippen LogP contribution is 2.08. The van der Waals surface area contributed by atoms with Crippen molar-refractivity contribution in [1.82, 2.24) is 0 Å². The molecule has 0 fully saturated rings. The van der Waals surface area contributed by atoms with Crippen molar-refractivity contribution in [1.29, 1.82) is 0 Å². The summed E-state index contributed by atoms with van der Waals surface area (Å²) in [6.07, 6.45) is 5.70. The molecule has 0 saturated carbocycles. The summed E-state index contributed by atoms with van der Waals surface area (Å²) < 4.78 is 0. The molecule has 0 aromatic heterocycles. The number of rotatable bonds is 4. The zero-order valence-electron chi connectivity index (χ0n) is 6.48. The normalized spacial score (nSPS) is 12.2.